The first-order chi connectivity index (χ1) is 15.3. The lowest BCUT2D eigenvalue weighted by atomic mass is 9.93. The number of carbonyl (C=O) groups is 2. The first kappa shape index (κ1) is 22.2. The van der Waals surface area contributed by atoms with Gasteiger partial charge in [-0.25, -0.2) is 0 Å². The molecule has 1 aromatic carbocycles. The van der Waals surface area contributed by atoms with Crippen LogP contribution in [0.3, 0.4) is 0 Å². The van der Waals surface area contributed by atoms with Gasteiger partial charge in [0.15, 0.2) is 0 Å². The number of aliphatic hydroxyl groups excluding tert-OH is 1. The summed E-state index contributed by atoms with van der Waals surface area (Å²) in [5.74, 6) is -0.372. The summed E-state index contributed by atoms with van der Waals surface area (Å²) in [4.78, 5) is 32.4. The van der Waals surface area contributed by atoms with Crippen molar-refractivity contribution in [1.82, 2.24) is 9.97 Å². The van der Waals surface area contributed by atoms with Crippen molar-refractivity contribution < 1.29 is 19.4 Å². The van der Waals surface area contributed by atoms with Crippen molar-refractivity contribution in [3.63, 3.8) is 0 Å². The topological polar surface area (TPSA) is 95.2 Å². The molecular weight excluding hydrogens is 404 g/mol. The maximum absolute atomic E-state index is 13.1. The summed E-state index contributed by atoms with van der Waals surface area (Å²) in [7, 11) is 0. The number of rotatable bonds is 8. The lowest BCUT2D eigenvalue weighted by Gasteiger charge is -2.20. The van der Waals surface area contributed by atoms with Gasteiger partial charge >= 0.3 is 0 Å². The van der Waals surface area contributed by atoms with Crippen LogP contribution in [0.4, 0.5) is 0 Å². The molecule has 168 valence electrons. The van der Waals surface area contributed by atoms with Gasteiger partial charge in [-0.1, -0.05) is 58.0 Å². The molecule has 0 saturated carbocycles. The van der Waals surface area contributed by atoms with Crippen molar-refractivity contribution in [3.8, 4) is 0 Å². The second-order valence-electron chi connectivity index (χ2n) is 9.14. The lowest BCUT2D eigenvalue weighted by molar-refractivity contribution is 0.0202. The van der Waals surface area contributed by atoms with Gasteiger partial charge in [0.2, 0.25) is 11.6 Å². The van der Waals surface area contributed by atoms with Crippen LogP contribution in [0.25, 0.3) is 0 Å². The standard InChI is InChI=1S/C26H30N2O4/c1-14(2)23(29)19-12-17-21(27-19)25(31)18-13-20(28-22(18)24(17)30)26(15(3)4)32-11-10-16-8-6-5-7-9-16/h5-9,12-15,23,26-29H,10-11H2,1-4H3/t23-,26-/m1/s1. The molecule has 6 heteroatoms. The minimum absolute atomic E-state index is 0.0374. The first-order valence-electron chi connectivity index (χ1n) is 11.2. The molecule has 1 aliphatic carbocycles. The zero-order chi connectivity index (χ0) is 23.0. The molecule has 0 fully saturated rings. The van der Waals surface area contributed by atoms with Crippen LogP contribution in [0.1, 0.15) is 89.0 Å². The van der Waals surface area contributed by atoms with Gasteiger partial charge in [-0.15, -0.1) is 0 Å². The van der Waals surface area contributed by atoms with Crippen LogP contribution in [-0.4, -0.2) is 33.2 Å². The summed E-state index contributed by atoms with van der Waals surface area (Å²) >= 11 is 0. The fraction of sp³-hybridized carbons (Fsp3) is 0.385. The van der Waals surface area contributed by atoms with Crippen molar-refractivity contribution in [2.45, 2.75) is 46.3 Å². The molecule has 4 rings (SSSR count). The number of aromatic nitrogens is 2. The third kappa shape index (κ3) is 4.08. The normalized spacial score (nSPS) is 15.2. The van der Waals surface area contributed by atoms with Gasteiger partial charge in [0, 0.05) is 11.4 Å². The highest BCUT2D eigenvalue weighted by molar-refractivity contribution is 6.27. The van der Waals surface area contributed by atoms with E-state index < -0.39 is 6.10 Å². The van der Waals surface area contributed by atoms with E-state index in [4.69, 9.17) is 4.74 Å². The highest BCUT2D eigenvalue weighted by Gasteiger charge is 2.36. The average molecular weight is 435 g/mol. The third-order valence-corrected chi connectivity index (χ3v) is 6.01. The maximum Gasteiger partial charge on any atom is 0.212 e. The molecule has 3 aromatic rings. The second-order valence-corrected chi connectivity index (χ2v) is 9.14. The second kappa shape index (κ2) is 8.88. The molecule has 0 unspecified atom stereocenters. The van der Waals surface area contributed by atoms with Gasteiger partial charge in [0.25, 0.3) is 0 Å². The Kier molecular flexibility index (Phi) is 6.17. The third-order valence-electron chi connectivity index (χ3n) is 6.01. The molecule has 6 nitrogen and oxygen atoms in total. The Morgan fingerprint density at radius 1 is 0.844 bits per heavy atom. The van der Waals surface area contributed by atoms with Gasteiger partial charge in [-0.2, -0.15) is 0 Å². The quantitative estimate of drug-likeness (QED) is 0.372. The highest BCUT2D eigenvalue weighted by Crippen LogP contribution is 2.34. The molecule has 0 spiro atoms. The molecule has 32 heavy (non-hydrogen) atoms. The molecule has 1 aliphatic rings. The molecule has 0 saturated heterocycles. The number of benzene rings is 1. The Balaban J connectivity index is 1.57. The molecule has 0 aliphatic heterocycles. The zero-order valence-corrected chi connectivity index (χ0v) is 18.9. The Bertz CT molecular complexity index is 1070. The Morgan fingerprint density at radius 3 is 1.97 bits per heavy atom. The van der Waals surface area contributed by atoms with Gasteiger partial charge in [0.1, 0.15) is 0 Å². The van der Waals surface area contributed by atoms with Crippen molar-refractivity contribution >= 4 is 11.6 Å². The summed E-state index contributed by atoms with van der Waals surface area (Å²) in [5, 5.41) is 10.4. The lowest BCUT2D eigenvalue weighted by Crippen LogP contribution is -2.19. The number of ether oxygens (including phenoxy) is 1. The van der Waals surface area contributed by atoms with E-state index in [1.165, 1.54) is 5.56 Å². The molecular formula is C26H30N2O4. The molecule has 2 heterocycles. The number of carbonyl (C=O) groups excluding carboxylic acids is 2. The van der Waals surface area contributed by atoms with Crippen molar-refractivity contribution in [2.24, 2.45) is 11.8 Å². The van der Waals surface area contributed by atoms with Gasteiger partial charge in [-0.05, 0) is 36.0 Å². The largest absolute Gasteiger partial charge is 0.387 e. The predicted molar refractivity (Wildman–Crippen MR) is 122 cm³/mol. The SMILES string of the molecule is CC(C)[C@@H](O)c1cc2c([nH]1)C(=O)c1cc([C@H](OCCc3ccccc3)C(C)C)[nH]c1C2=O. The number of H-pyrrole nitrogens is 2. The Labute approximate surface area is 188 Å². The van der Waals surface area contributed by atoms with Crippen LogP contribution in [0.2, 0.25) is 0 Å². The van der Waals surface area contributed by atoms with E-state index in [1.807, 2.05) is 32.0 Å². The van der Waals surface area contributed by atoms with E-state index in [1.54, 1.807) is 12.1 Å². The summed E-state index contributed by atoms with van der Waals surface area (Å²) in [5.41, 5.74) is 3.60. The number of hydrogen-bond donors (Lipinski definition) is 3. The summed E-state index contributed by atoms with van der Waals surface area (Å²) in [6, 6.07) is 13.5. The van der Waals surface area contributed by atoms with Gasteiger partial charge < -0.3 is 19.8 Å². The molecule has 2 aromatic heterocycles. The number of hydrogen-bond acceptors (Lipinski definition) is 4. The fourth-order valence-corrected chi connectivity index (χ4v) is 4.20. The highest BCUT2D eigenvalue weighted by atomic mass is 16.5. The van der Waals surface area contributed by atoms with Crippen molar-refractivity contribution in [2.75, 3.05) is 6.61 Å². The molecule has 0 radical (unpaired) electrons. The molecule has 2 atom stereocenters. The van der Waals surface area contributed by atoms with Crippen LogP contribution in [0.15, 0.2) is 42.5 Å². The summed E-state index contributed by atoms with van der Waals surface area (Å²) in [6.07, 6.45) is -0.242. The molecule has 0 amide bonds. The molecule has 0 bridgehead atoms. The number of ketones is 2. The van der Waals surface area contributed by atoms with Crippen LogP contribution in [0.5, 0.6) is 0 Å². The van der Waals surface area contributed by atoms with Crippen molar-refractivity contribution in [1.29, 1.82) is 0 Å². The van der Waals surface area contributed by atoms with E-state index >= 15 is 0 Å². The van der Waals surface area contributed by atoms with Crippen LogP contribution >= 0.6 is 0 Å². The number of fused-ring (bicyclic) bond motifs is 2. The van der Waals surface area contributed by atoms with Crippen LogP contribution in [0, 0.1) is 11.8 Å². The van der Waals surface area contributed by atoms with Crippen LogP contribution in [-0.2, 0) is 11.2 Å². The van der Waals surface area contributed by atoms with Gasteiger partial charge in [0.05, 0.1) is 41.3 Å². The Morgan fingerprint density at radius 2 is 1.41 bits per heavy atom. The van der Waals surface area contributed by atoms with Crippen molar-refractivity contribution in [3.05, 3.63) is 81.9 Å². The fourth-order valence-electron chi connectivity index (χ4n) is 4.20. The van der Waals surface area contributed by atoms with Crippen LogP contribution < -0.4 is 0 Å². The monoisotopic (exact) mass is 434 g/mol. The zero-order valence-electron chi connectivity index (χ0n) is 18.9. The van der Waals surface area contributed by atoms with E-state index in [0.29, 0.717) is 29.1 Å². The van der Waals surface area contributed by atoms with E-state index in [9.17, 15) is 14.7 Å². The van der Waals surface area contributed by atoms with E-state index in [-0.39, 0.29) is 35.2 Å². The number of aromatic amines is 2. The first-order valence-corrected chi connectivity index (χ1v) is 11.2. The Hall–Kier alpha value is -2.96. The van der Waals surface area contributed by atoms with E-state index in [0.717, 1.165) is 12.1 Å². The minimum atomic E-state index is -0.765. The smallest absolute Gasteiger partial charge is 0.212 e. The van der Waals surface area contributed by atoms with Gasteiger partial charge in [-0.3, -0.25) is 9.59 Å². The van der Waals surface area contributed by atoms with E-state index in [2.05, 4.69) is 35.9 Å². The number of nitrogens with one attached hydrogen (secondary N) is 2. The number of aliphatic hydroxyl groups is 1. The summed E-state index contributed by atoms with van der Waals surface area (Å²) < 4.78 is 6.18. The maximum atomic E-state index is 13.1. The average Bonchev–Trinajstić information content (AvgIpc) is 3.41. The minimum Gasteiger partial charge on any atom is -0.387 e. The predicted octanol–water partition coefficient (Wildman–Crippen LogP) is 4.76. The summed E-state index contributed by atoms with van der Waals surface area (Å²) in [6.45, 7) is 8.41. The molecule has 3 N–H and O–H groups in total.